The van der Waals surface area contributed by atoms with Gasteiger partial charge < -0.3 is 65.4 Å². The van der Waals surface area contributed by atoms with E-state index >= 15 is 0 Å². The number of ketones is 3. The lowest BCUT2D eigenvalue weighted by Crippen LogP contribution is -2.60. The number of rotatable bonds is 14. The predicted octanol–water partition coefficient (Wildman–Crippen LogP) is 16.5. The first-order valence-corrected chi connectivity index (χ1v) is 38.0. The Labute approximate surface area is 656 Å². The highest BCUT2D eigenvalue weighted by Gasteiger charge is 2.69. The normalized spacial score (nSPS) is 32.5. The van der Waals surface area contributed by atoms with Gasteiger partial charge in [-0.15, -0.1) is 0 Å². The van der Waals surface area contributed by atoms with Crippen molar-refractivity contribution in [2.24, 2.45) is 85.8 Å². The lowest BCUT2D eigenvalue weighted by Gasteiger charge is -2.60. The maximum atomic E-state index is 14.3. The molecule has 15 rings (SSSR count). The first-order valence-electron chi connectivity index (χ1n) is 38.0. The van der Waals surface area contributed by atoms with Gasteiger partial charge in [-0.2, -0.15) is 0 Å². The van der Waals surface area contributed by atoms with Crippen LogP contribution in [0.4, 0.5) is 0 Å². The molecule has 6 heterocycles. The van der Waals surface area contributed by atoms with E-state index in [4.69, 9.17) is 65.4 Å². The van der Waals surface area contributed by atoms with Crippen LogP contribution < -0.4 is 9.47 Å². The van der Waals surface area contributed by atoms with Gasteiger partial charge in [0.2, 0.25) is 17.3 Å². The summed E-state index contributed by atoms with van der Waals surface area (Å²) in [6.45, 7) is 26.6. The number of benzene rings is 3. The van der Waals surface area contributed by atoms with E-state index in [2.05, 4.69) is 40.5 Å². The number of hydrogen-bond donors (Lipinski definition) is 0. The molecular weight excluding hydrogens is 1450 g/mol. The zero-order valence-electron chi connectivity index (χ0n) is 65.7. The first-order chi connectivity index (χ1) is 53.8. The van der Waals surface area contributed by atoms with Crippen molar-refractivity contribution in [1.29, 1.82) is 0 Å². The summed E-state index contributed by atoms with van der Waals surface area (Å²) < 4.78 is 77.6. The number of carbonyl (C=O) groups is 9. The minimum absolute atomic E-state index is 0.0943. The van der Waals surface area contributed by atoms with Crippen LogP contribution in [-0.2, 0) is 71.4 Å². The molecule has 0 unspecified atom stereocenters. The predicted molar refractivity (Wildman–Crippen MR) is 405 cm³/mol. The molecule has 6 aromatic rings. The van der Waals surface area contributed by atoms with Crippen molar-refractivity contribution in [3.63, 3.8) is 0 Å². The molecule has 0 N–H and O–H groups in total. The van der Waals surface area contributed by atoms with E-state index in [9.17, 15) is 43.2 Å². The summed E-state index contributed by atoms with van der Waals surface area (Å²) in [5, 5.41) is 0. The summed E-state index contributed by atoms with van der Waals surface area (Å²) >= 11 is 0. The van der Waals surface area contributed by atoms with E-state index in [1.54, 1.807) is 104 Å². The Hall–Kier alpha value is -11.2. The number of aryl methyl sites for hydroxylation is 1. The first kappa shape index (κ1) is 79.8. The lowest BCUT2D eigenvalue weighted by molar-refractivity contribution is -0.176. The maximum absolute atomic E-state index is 14.3. The van der Waals surface area contributed by atoms with Crippen LogP contribution in [0.15, 0.2) is 214 Å². The van der Waals surface area contributed by atoms with E-state index < -0.39 is 104 Å². The molecule has 3 saturated heterocycles. The van der Waals surface area contributed by atoms with Crippen LogP contribution in [0, 0.1) is 92.7 Å². The molecule has 3 aliphatic heterocycles. The highest BCUT2D eigenvalue weighted by Crippen LogP contribution is 2.70. The number of furan rings is 3. The van der Waals surface area contributed by atoms with Crippen molar-refractivity contribution < 1.29 is 109 Å². The molecule has 23 heteroatoms. The van der Waals surface area contributed by atoms with Gasteiger partial charge in [0.25, 0.3) is 0 Å². The van der Waals surface area contributed by atoms with Crippen LogP contribution in [0.5, 0.6) is 11.5 Å². The Morgan fingerprint density at radius 3 is 1.12 bits per heavy atom. The average molecular weight is 1550 g/mol. The van der Waals surface area contributed by atoms with E-state index in [1.807, 2.05) is 45.9 Å². The summed E-state index contributed by atoms with van der Waals surface area (Å²) in [7, 11) is 6.93. The fraction of sp³-hybridized carbons (Fsp3) is 0.433. The Balaban J connectivity index is 0.000000148. The Morgan fingerprint density at radius 1 is 0.416 bits per heavy atom. The van der Waals surface area contributed by atoms with Crippen molar-refractivity contribution in [1.82, 2.24) is 0 Å². The third-order valence-electron chi connectivity index (χ3n) is 26.4. The number of carbonyl (C=O) groups excluding carboxylic acids is 9. The third-order valence-corrected chi connectivity index (χ3v) is 26.4. The Morgan fingerprint density at radius 2 is 0.779 bits per heavy atom. The SMILES string of the molecule is C=C1O[C@H](c2ccoc2)C[C@]2(C)[C@H]3C(=O)C(OC(=O)c4ccc(C)cc4)=C[C@@H](C(=O)OC)[C@]3(C)CC[C@@H]12.C=C1O[C@H](c2ccoc2)C[C@]2(C)[C@H]3C(=O)C(OC(=O)c4cccc(OC)c4)=C[C@@H](C(=O)OC)[C@]3(C)CC[C@@H]12.C=C1O[C@H](c2ccoc2)C[C@]2(C)[C@H]3C(=O)C(OC(=O)c4ccccc4OC)=C[C@@H](C(=O)OC)[C@]3(C)CC[C@@H]12. The third kappa shape index (κ3) is 14.1. The van der Waals surface area contributed by atoms with Gasteiger partial charge in [0, 0.05) is 52.2 Å². The zero-order valence-corrected chi connectivity index (χ0v) is 65.7. The topological polar surface area (TPSA) is 295 Å². The van der Waals surface area contributed by atoms with Gasteiger partial charge in [-0.3, -0.25) is 28.8 Å². The summed E-state index contributed by atoms with van der Waals surface area (Å²) in [5.74, 6) is -6.70. The molecule has 113 heavy (non-hydrogen) atoms. The van der Waals surface area contributed by atoms with Gasteiger partial charge in [0.15, 0.2) is 17.3 Å². The highest BCUT2D eigenvalue weighted by atomic mass is 16.6. The number of esters is 6. The molecule has 6 fully saturated rings. The van der Waals surface area contributed by atoms with Gasteiger partial charge >= 0.3 is 35.8 Å². The monoisotopic (exact) mass is 1540 g/mol. The largest absolute Gasteiger partial charge is 0.497 e. The summed E-state index contributed by atoms with van der Waals surface area (Å²) in [5.41, 5.74) is 0.198. The molecule has 23 nitrogen and oxygen atoms in total. The fourth-order valence-corrected chi connectivity index (χ4v) is 20.9. The standard InChI is InChI=1S/2C30H32O8.C30H32O7/c1-17-21-9-11-29(2)22(28(33)35-5)14-23(38-27(32)18-7-6-8-20(13-18)34-4)25(31)26(29)30(21,3)15-24(37-17)19-10-12-36-16-19;1-17-20-10-12-29(2)21(28(33)35-5)14-23(38-27(32)19-8-6-7-9-22(19)34-4)25(31)26(29)30(20,3)15-24(37-17)18-11-13-36-16-18;1-17-6-8-19(9-7-17)27(32)37-23-14-22(28(33)34-5)29(3)12-10-21-18(2)36-24(20-11-13-35-16-20)15-30(21,4)26(29)25(23)31/h6-8,10,12-14,16,21-22,24,26H,1,9,11,15H2,2-5H3;6-9,11,13-14,16,20-21,24,26H,1,10,12,15H2,2-5H3;6-9,11,13-14,16,21-22,24,26H,2,10,12,15H2,1,3-5H3/t21-,22-,24-,26-,29-,30-;20-,21-,24-,26-,29-,30-;21-,22-,24-,26-,29-,30-/m000/s1. The molecule has 3 saturated carbocycles. The van der Waals surface area contributed by atoms with Gasteiger partial charge in [0.1, 0.15) is 35.4 Å². The number of hydrogen-bond acceptors (Lipinski definition) is 23. The molecule has 0 radical (unpaired) electrons. The minimum Gasteiger partial charge on any atom is -0.497 e. The molecule has 6 aliphatic carbocycles. The number of ether oxygens (including phenoxy) is 11. The van der Waals surface area contributed by atoms with Crippen LogP contribution in [0.3, 0.4) is 0 Å². The molecular formula is C90H96O23. The zero-order chi connectivity index (χ0) is 81.0. The lowest BCUT2D eigenvalue weighted by atomic mass is 9.44. The molecule has 594 valence electrons. The van der Waals surface area contributed by atoms with Crippen LogP contribution in [0.1, 0.15) is 171 Å². The van der Waals surface area contributed by atoms with E-state index in [1.165, 1.54) is 59.8 Å². The van der Waals surface area contributed by atoms with Crippen LogP contribution in [0.2, 0.25) is 0 Å². The Bertz CT molecular complexity index is 4840. The average Bonchev–Trinajstić information content (AvgIpc) is 1.06. The van der Waals surface area contributed by atoms with Gasteiger partial charge in [-0.25, -0.2) is 14.4 Å². The van der Waals surface area contributed by atoms with Crippen molar-refractivity contribution in [2.45, 2.75) is 125 Å². The maximum Gasteiger partial charge on any atom is 0.347 e. The molecule has 0 bridgehead atoms. The number of fused-ring (bicyclic) bond motifs is 9. The molecule has 3 aromatic heterocycles. The van der Waals surface area contributed by atoms with Crippen molar-refractivity contribution >= 4 is 53.2 Å². The van der Waals surface area contributed by atoms with Crippen molar-refractivity contribution in [2.75, 3.05) is 35.5 Å². The van der Waals surface area contributed by atoms with Crippen molar-refractivity contribution in [3.05, 3.63) is 240 Å². The van der Waals surface area contributed by atoms with E-state index in [0.29, 0.717) is 92.1 Å². The van der Waals surface area contributed by atoms with Crippen LogP contribution in [-0.4, -0.2) is 88.7 Å². The molecule has 18 atom stereocenters. The quantitative estimate of drug-likeness (QED) is 0.0723. The molecule has 0 spiro atoms. The molecule has 9 aliphatic rings. The summed E-state index contributed by atoms with van der Waals surface area (Å²) in [4.78, 5) is 121. The second-order valence-electron chi connectivity index (χ2n) is 32.8. The van der Waals surface area contributed by atoms with E-state index in [0.717, 1.165) is 22.3 Å². The van der Waals surface area contributed by atoms with Crippen molar-refractivity contribution in [3.8, 4) is 11.5 Å². The summed E-state index contributed by atoms with van der Waals surface area (Å²) in [6.07, 6.45) is 18.4. The smallest absolute Gasteiger partial charge is 0.347 e. The van der Waals surface area contributed by atoms with E-state index in [-0.39, 0.29) is 81.8 Å². The fourth-order valence-electron chi connectivity index (χ4n) is 20.9. The summed E-state index contributed by atoms with van der Waals surface area (Å²) in [6, 6.07) is 25.5. The Kier molecular flexibility index (Phi) is 21.9. The minimum atomic E-state index is -0.781. The van der Waals surface area contributed by atoms with Crippen LogP contribution >= 0.6 is 0 Å². The highest BCUT2D eigenvalue weighted by molar-refractivity contribution is 6.06. The second-order valence-corrected chi connectivity index (χ2v) is 32.8. The molecule has 3 aromatic carbocycles. The van der Waals surface area contributed by atoms with Crippen LogP contribution in [0.25, 0.3) is 0 Å². The number of allylic oxidation sites excluding steroid dienone is 6. The number of methoxy groups -OCH3 is 5. The van der Waals surface area contributed by atoms with Gasteiger partial charge in [-0.1, -0.05) is 97.2 Å². The van der Waals surface area contributed by atoms with Gasteiger partial charge in [0.05, 0.1) is 119 Å². The number of para-hydroxylation sites is 1. The second kappa shape index (κ2) is 31.0. The molecule has 0 amide bonds. The van der Waals surface area contributed by atoms with Gasteiger partial charge in [-0.05, 0) is 176 Å². The number of Topliss-reactive ketones (excluding diaryl/α,β-unsaturated/α-hetero) is 3.